The molecule has 2 fully saturated rings. The predicted molar refractivity (Wildman–Crippen MR) is 79.3 cm³/mol. The summed E-state index contributed by atoms with van der Waals surface area (Å²) in [5.41, 5.74) is 0. The molecular weight excluding hydrogens is 308 g/mol. The Labute approximate surface area is 121 Å². The first-order valence-electron chi connectivity index (χ1n) is 6.97. The van der Waals surface area contributed by atoms with Gasteiger partial charge in [0.2, 0.25) is 0 Å². The Morgan fingerprint density at radius 2 is 1.83 bits per heavy atom. The molecule has 3 heteroatoms. The Bertz CT molecular complexity index is 424. The monoisotopic (exact) mass is 326 g/mol. The molecule has 98 valence electrons. The molecule has 0 saturated heterocycles. The molecule has 1 heterocycles. The fraction of sp³-hybridized carbons (Fsp3) is 0.667. The van der Waals surface area contributed by atoms with Crippen LogP contribution in [0.5, 0.6) is 0 Å². The zero-order valence-corrected chi connectivity index (χ0v) is 13.1. The second-order valence-corrected chi connectivity index (χ2v) is 7.90. The van der Waals surface area contributed by atoms with E-state index < -0.39 is 0 Å². The summed E-state index contributed by atoms with van der Waals surface area (Å²) in [6.45, 7) is 2.08. The third-order valence-corrected chi connectivity index (χ3v) is 6.87. The highest BCUT2D eigenvalue weighted by Gasteiger charge is 2.41. The largest absolute Gasteiger partial charge is 0.293 e. The molecule has 18 heavy (non-hydrogen) atoms. The lowest BCUT2D eigenvalue weighted by Crippen LogP contribution is -2.37. The molecule has 0 unspecified atom stereocenters. The van der Waals surface area contributed by atoms with E-state index in [2.05, 4.69) is 22.9 Å². The third kappa shape index (κ3) is 2.20. The van der Waals surface area contributed by atoms with Crippen molar-refractivity contribution < 1.29 is 4.79 Å². The lowest BCUT2D eigenvalue weighted by atomic mass is 9.63. The van der Waals surface area contributed by atoms with Crippen LogP contribution in [0.25, 0.3) is 0 Å². The summed E-state index contributed by atoms with van der Waals surface area (Å²) >= 11 is 5.19. The van der Waals surface area contributed by atoms with Crippen molar-refractivity contribution in [2.24, 2.45) is 17.8 Å². The zero-order valence-electron chi connectivity index (χ0n) is 10.7. The average molecular weight is 327 g/mol. The van der Waals surface area contributed by atoms with Gasteiger partial charge in [-0.2, -0.15) is 0 Å². The van der Waals surface area contributed by atoms with E-state index in [0.717, 1.165) is 9.35 Å². The van der Waals surface area contributed by atoms with Crippen molar-refractivity contribution in [3.05, 3.63) is 20.3 Å². The smallest absolute Gasteiger partial charge is 0.176 e. The van der Waals surface area contributed by atoms with Crippen molar-refractivity contribution in [3.63, 3.8) is 0 Å². The van der Waals surface area contributed by atoms with Crippen LogP contribution in [0, 0.1) is 24.7 Å². The lowest BCUT2D eigenvalue weighted by Gasteiger charge is -2.41. The Morgan fingerprint density at radius 3 is 2.17 bits per heavy atom. The van der Waals surface area contributed by atoms with E-state index in [-0.39, 0.29) is 0 Å². The number of carbonyl (C=O) groups is 1. The number of rotatable bonds is 4. The molecule has 1 aromatic heterocycles. The van der Waals surface area contributed by atoms with E-state index in [0.29, 0.717) is 23.5 Å². The summed E-state index contributed by atoms with van der Waals surface area (Å²) in [5, 5.41) is 0. The first-order chi connectivity index (χ1) is 8.66. The maximum atomic E-state index is 12.8. The number of hydrogen-bond acceptors (Lipinski definition) is 2. The number of ketones is 1. The minimum Gasteiger partial charge on any atom is -0.293 e. The van der Waals surface area contributed by atoms with E-state index in [1.807, 2.05) is 6.07 Å². The number of Topliss-reactive ketones (excluding diaryl/α,β-unsaturated/α-hetero) is 1. The molecule has 2 saturated carbocycles. The fourth-order valence-electron chi connectivity index (χ4n) is 3.16. The summed E-state index contributed by atoms with van der Waals surface area (Å²) < 4.78 is 1.09. The molecule has 0 N–H and O–H groups in total. The Balaban J connectivity index is 1.82. The summed E-state index contributed by atoms with van der Waals surface area (Å²) in [6, 6.07) is 2.03. The maximum Gasteiger partial charge on any atom is 0.176 e. The molecule has 1 aromatic rings. The SMILES string of the molecule is Cc1sc(C(=O)C(C2CCC2)C2CCC2)cc1Br. The Kier molecular flexibility index (Phi) is 3.63. The van der Waals surface area contributed by atoms with Gasteiger partial charge in [-0.3, -0.25) is 4.79 Å². The molecule has 1 nitrogen and oxygen atoms in total. The van der Waals surface area contributed by atoms with E-state index >= 15 is 0 Å². The topological polar surface area (TPSA) is 17.1 Å². The zero-order chi connectivity index (χ0) is 12.7. The highest BCUT2D eigenvalue weighted by molar-refractivity contribution is 9.10. The molecular formula is C15H19BrOS. The minimum absolute atomic E-state index is 0.331. The summed E-state index contributed by atoms with van der Waals surface area (Å²) in [4.78, 5) is 15.0. The number of aryl methyl sites for hydroxylation is 1. The van der Waals surface area contributed by atoms with Crippen LogP contribution in [0.15, 0.2) is 10.5 Å². The summed E-state index contributed by atoms with van der Waals surface area (Å²) in [5.74, 6) is 2.13. The average Bonchev–Trinajstić information content (AvgIpc) is 2.52. The van der Waals surface area contributed by atoms with Gasteiger partial charge >= 0.3 is 0 Å². The number of halogens is 1. The van der Waals surface area contributed by atoms with Gasteiger partial charge in [0.05, 0.1) is 4.88 Å². The van der Waals surface area contributed by atoms with Crippen molar-refractivity contribution in [2.75, 3.05) is 0 Å². The van der Waals surface area contributed by atoms with Crippen molar-refractivity contribution >= 4 is 33.0 Å². The normalized spacial score (nSPS) is 20.8. The molecule has 0 atom stereocenters. The van der Waals surface area contributed by atoms with Gasteiger partial charge in [0.25, 0.3) is 0 Å². The molecule has 0 bridgehead atoms. The lowest BCUT2D eigenvalue weighted by molar-refractivity contribution is 0.0582. The second kappa shape index (κ2) is 5.09. The first kappa shape index (κ1) is 12.9. The molecule has 0 radical (unpaired) electrons. The van der Waals surface area contributed by atoms with Crippen molar-refractivity contribution in [1.82, 2.24) is 0 Å². The maximum absolute atomic E-state index is 12.8. The van der Waals surface area contributed by atoms with Gasteiger partial charge in [-0.05, 0) is 66.4 Å². The van der Waals surface area contributed by atoms with Crippen LogP contribution >= 0.6 is 27.3 Å². The molecule has 0 spiro atoms. The molecule has 2 aliphatic rings. The van der Waals surface area contributed by atoms with E-state index in [1.54, 1.807) is 11.3 Å². The van der Waals surface area contributed by atoms with Crippen molar-refractivity contribution in [3.8, 4) is 0 Å². The highest BCUT2D eigenvalue weighted by atomic mass is 79.9. The minimum atomic E-state index is 0.331. The van der Waals surface area contributed by atoms with E-state index in [4.69, 9.17) is 0 Å². The summed E-state index contributed by atoms with van der Waals surface area (Å²) in [7, 11) is 0. The first-order valence-corrected chi connectivity index (χ1v) is 8.58. The van der Waals surface area contributed by atoms with Crippen LogP contribution in [-0.4, -0.2) is 5.78 Å². The fourth-order valence-corrected chi connectivity index (χ4v) is 4.68. The summed E-state index contributed by atoms with van der Waals surface area (Å²) in [6.07, 6.45) is 7.76. The van der Waals surface area contributed by atoms with Gasteiger partial charge in [-0.25, -0.2) is 0 Å². The van der Waals surface area contributed by atoms with E-state index in [1.165, 1.54) is 43.4 Å². The molecule has 3 rings (SSSR count). The standard InChI is InChI=1S/C15H19BrOS/c1-9-12(16)8-13(18-9)15(17)14(10-4-2-5-10)11-6-3-7-11/h8,10-11,14H,2-7H2,1H3. The van der Waals surface area contributed by atoms with Gasteiger partial charge in [0.1, 0.15) is 0 Å². The Morgan fingerprint density at radius 1 is 1.28 bits per heavy atom. The second-order valence-electron chi connectivity index (χ2n) is 5.79. The van der Waals surface area contributed by atoms with Gasteiger partial charge in [0, 0.05) is 15.3 Å². The van der Waals surface area contributed by atoms with Crippen LogP contribution < -0.4 is 0 Å². The van der Waals surface area contributed by atoms with Gasteiger partial charge in [-0.15, -0.1) is 11.3 Å². The molecule has 0 amide bonds. The van der Waals surface area contributed by atoms with Gasteiger partial charge in [-0.1, -0.05) is 12.8 Å². The number of hydrogen-bond donors (Lipinski definition) is 0. The van der Waals surface area contributed by atoms with Crippen LogP contribution in [0.2, 0.25) is 0 Å². The van der Waals surface area contributed by atoms with E-state index in [9.17, 15) is 4.79 Å². The molecule has 0 aromatic carbocycles. The van der Waals surface area contributed by atoms with Crippen molar-refractivity contribution in [2.45, 2.75) is 45.4 Å². The van der Waals surface area contributed by atoms with Gasteiger partial charge in [0.15, 0.2) is 5.78 Å². The van der Waals surface area contributed by atoms with Crippen LogP contribution in [0.1, 0.15) is 53.1 Å². The van der Waals surface area contributed by atoms with Gasteiger partial charge < -0.3 is 0 Å². The number of carbonyl (C=O) groups excluding carboxylic acids is 1. The quantitative estimate of drug-likeness (QED) is 0.693. The predicted octanol–water partition coefficient (Wildman–Crippen LogP) is 5.22. The van der Waals surface area contributed by atoms with Crippen LogP contribution in [0.4, 0.5) is 0 Å². The number of thiophene rings is 1. The van der Waals surface area contributed by atoms with Crippen molar-refractivity contribution in [1.29, 1.82) is 0 Å². The van der Waals surface area contributed by atoms with Crippen LogP contribution in [0.3, 0.4) is 0 Å². The van der Waals surface area contributed by atoms with Crippen LogP contribution in [-0.2, 0) is 0 Å². The highest BCUT2D eigenvalue weighted by Crippen LogP contribution is 2.46. The third-order valence-electron chi connectivity index (χ3n) is 4.72. The molecule has 0 aliphatic heterocycles. The Hall–Kier alpha value is -0.150. The molecule has 2 aliphatic carbocycles.